The first-order chi connectivity index (χ1) is 13.3. The van der Waals surface area contributed by atoms with E-state index in [4.69, 9.17) is 14.2 Å². The van der Waals surface area contributed by atoms with Crippen LogP contribution in [0, 0.1) is 0 Å². The fourth-order valence-corrected chi connectivity index (χ4v) is 3.43. The number of anilines is 1. The van der Waals surface area contributed by atoms with E-state index in [0.29, 0.717) is 5.56 Å². The van der Waals surface area contributed by atoms with Gasteiger partial charge in [-0.15, -0.1) is 0 Å². The number of nitrogens with zero attached hydrogens (tertiary/aromatic N) is 2. The molecule has 0 bridgehead atoms. The van der Waals surface area contributed by atoms with Gasteiger partial charge >= 0.3 is 5.69 Å². The first-order valence-electron chi connectivity index (χ1n) is 8.95. The first-order valence-corrected chi connectivity index (χ1v) is 8.95. The lowest BCUT2D eigenvalue weighted by molar-refractivity contribution is -0.183. The van der Waals surface area contributed by atoms with Crippen LogP contribution in [0.2, 0.25) is 0 Å². The van der Waals surface area contributed by atoms with Gasteiger partial charge in [-0.1, -0.05) is 18.2 Å². The maximum atomic E-state index is 12.5. The number of aliphatic hydroxyl groups excluding tert-OH is 1. The highest BCUT2D eigenvalue weighted by atomic mass is 16.8. The van der Waals surface area contributed by atoms with Gasteiger partial charge in [0, 0.05) is 11.8 Å². The van der Waals surface area contributed by atoms with E-state index in [9.17, 15) is 14.7 Å². The molecule has 0 saturated carbocycles. The molecule has 0 unspecified atom stereocenters. The van der Waals surface area contributed by atoms with Crippen LogP contribution in [0.25, 0.3) is 0 Å². The fourth-order valence-electron chi connectivity index (χ4n) is 3.43. The number of hydrogen-bond donors (Lipinski definition) is 2. The second-order valence-electron chi connectivity index (χ2n) is 7.18. The van der Waals surface area contributed by atoms with Crippen molar-refractivity contribution in [3.05, 3.63) is 58.6 Å². The summed E-state index contributed by atoms with van der Waals surface area (Å²) in [4.78, 5) is 28.5. The molecule has 28 heavy (non-hydrogen) atoms. The summed E-state index contributed by atoms with van der Waals surface area (Å²) in [6.45, 7) is 3.69. The van der Waals surface area contributed by atoms with Crippen LogP contribution >= 0.6 is 0 Å². The number of hydrogen-bond acceptors (Lipinski definition) is 7. The van der Waals surface area contributed by atoms with Crippen molar-refractivity contribution in [2.45, 2.75) is 44.2 Å². The highest BCUT2D eigenvalue weighted by molar-refractivity contribution is 6.03. The average molecular weight is 387 g/mol. The Morgan fingerprint density at radius 3 is 2.71 bits per heavy atom. The van der Waals surface area contributed by atoms with E-state index in [0.717, 1.165) is 0 Å². The zero-order chi connectivity index (χ0) is 19.9. The van der Waals surface area contributed by atoms with Crippen molar-refractivity contribution in [2.24, 2.45) is 0 Å². The molecule has 0 radical (unpaired) electrons. The Balaban J connectivity index is 1.51. The summed E-state index contributed by atoms with van der Waals surface area (Å²) < 4.78 is 18.2. The molecule has 2 aliphatic rings. The normalized spacial score (nSPS) is 28.5. The Morgan fingerprint density at radius 1 is 1.25 bits per heavy atom. The average Bonchev–Trinajstić information content (AvgIpc) is 2.99. The SMILES string of the molecule is CC1(C)O[C@H]2[C@H](O)[C@@H](n3ccc(NC(=O)c4ccccc4)nc3=O)OC[C@H]2O1. The molecule has 9 nitrogen and oxygen atoms in total. The number of carbonyl (C=O) groups excluding carboxylic acids is 1. The zero-order valence-electron chi connectivity index (χ0n) is 15.4. The number of amides is 1. The highest BCUT2D eigenvalue weighted by Gasteiger charge is 2.51. The lowest BCUT2D eigenvalue weighted by Gasteiger charge is -2.35. The third-order valence-electron chi connectivity index (χ3n) is 4.66. The number of rotatable bonds is 3. The summed E-state index contributed by atoms with van der Waals surface area (Å²) in [5.74, 6) is -1.09. The van der Waals surface area contributed by atoms with Crippen molar-refractivity contribution in [1.29, 1.82) is 0 Å². The lowest BCUT2D eigenvalue weighted by Crippen LogP contribution is -2.51. The van der Waals surface area contributed by atoms with Gasteiger partial charge < -0.3 is 24.6 Å². The number of nitrogens with one attached hydrogen (secondary N) is 1. The summed E-state index contributed by atoms with van der Waals surface area (Å²) in [6.07, 6.45) is -1.67. The van der Waals surface area contributed by atoms with Crippen LogP contribution in [-0.2, 0) is 14.2 Å². The van der Waals surface area contributed by atoms with Gasteiger partial charge in [-0.05, 0) is 32.0 Å². The molecule has 0 spiro atoms. The van der Waals surface area contributed by atoms with Gasteiger partial charge in [0.15, 0.2) is 12.0 Å². The van der Waals surface area contributed by atoms with Crippen molar-refractivity contribution >= 4 is 11.7 Å². The van der Waals surface area contributed by atoms with Crippen molar-refractivity contribution in [1.82, 2.24) is 9.55 Å². The predicted molar refractivity (Wildman–Crippen MR) is 97.7 cm³/mol. The van der Waals surface area contributed by atoms with Crippen LogP contribution in [0.15, 0.2) is 47.4 Å². The Kier molecular flexibility index (Phi) is 4.76. The number of benzene rings is 1. The van der Waals surface area contributed by atoms with Crippen molar-refractivity contribution in [3.8, 4) is 0 Å². The van der Waals surface area contributed by atoms with Crippen molar-refractivity contribution in [2.75, 3.05) is 11.9 Å². The predicted octanol–water partition coefficient (Wildman–Crippen LogP) is 0.905. The molecule has 2 aliphatic heterocycles. The Hall–Kier alpha value is -2.59. The van der Waals surface area contributed by atoms with Crippen LogP contribution in [0.4, 0.5) is 5.82 Å². The van der Waals surface area contributed by atoms with E-state index >= 15 is 0 Å². The third-order valence-corrected chi connectivity index (χ3v) is 4.66. The molecule has 3 heterocycles. The van der Waals surface area contributed by atoms with Gasteiger partial charge in [-0.3, -0.25) is 9.36 Å². The maximum absolute atomic E-state index is 12.5. The minimum Gasteiger partial charge on any atom is -0.386 e. The molecule has 9 heteroatoms. The molecule has 148 valence electrons. The number of aliphatic hydroxyl groups is 1. The minimum atomic E-state index is -1.11. The van der Waals surface area contributed by atoms with Crippen LogP contribution in [0.1, 0.15) is 30.4 Å². The molecule has 2 N–H and O–H groups in total. The molecule has 4 rings (SSSR count). The van der Waals surface area contributed by atoms with E-state index in [1.807, 2.05) is 0 Å². The fraction of sp³-hybridized carbons (Fsp3) is 0.421. The third kappa shape index (κ3) is 3.57. The monoisotopic (exact) mass is 387 g/mol. The van der Waals surface area contributed by atoms with E-state index in [1.165, 1.54) is 16.8 Å². The molecule has 0 aliphatic carbocycles. The molecule has 2 aromatic rings. The van der Waals surface area contributed by atoms with E-state index in [-0.39, 0.29) is 18.3 Å². The van der Waals surface area contributed by atoms with E-state index in [1.54, 1.807) is 44.2 Å². The van der Waals surface area contributed by atoms with Gasteiger partial charge in [0.2, 0.25) is 0 Å². The molecule has 1 aromatic heterocycles. The summed E-state index contributed by atoms with van der Waals surface area (Å²) >= 11 is 0. The summed E-state index contributed by atoms with van der Waals surface area (Å²) in [5.41, 5.74) is -0.210. The quantitative estimate of drug-likeness (QED) is 0.805. The smallest absolute Gasteiger partial charge is 0.351 e. The van der Waals surface area contributed by atoms with Crippen LogP contribution in [0.5, 0.6) is 0 Å². The summed E-state index contributed by atoms with van der Waals surface area (Å²) in [6, 6.07) is 10.1. The molecule has 1 amide bonds. The Bertz CT molecular complexity index is 929. The first kappa shape index (κ1) is 18.8. The molecule has 4 atom stereocenters. The second-order valence-corrected chi connectivity index (χ2v) is 7.18. The topological polar surface area (TPSA) is 112 Å². The largest absolute Gasteiger partial charge is 0.386 e. The van der Waals surface area contributed by atoms with E-state index in [2.05, 4.69) is 10.3 Å². The van der Waals surface area contributed by atoms with Gasteiger partial charge in [-0.25, -0.2) is 4.79 Å². The van der Waals surface area contributed by atoms with Crippen LogP contribution in [-0.4, -0.2) is 51.3 Å². The highest BCUT2D eigenvalue weighted by Crippen LogP contribution is 2.36. The van der Waals surface area contributed by atoms with Gasteiger partial charge in [0.05, 0.1) is 6.61 Å². The summed E-state index contributed by atoms with van der Waals surface area (Å²) in [7, 11) is 0. The number of ether oxygens (including phenoxy) is 3. The second kappa shape index (κ2) is 7.10. The minimum absolute atomic E-state index is 0.111. The van der Waals surface area contributed by atoms with Crippen LogP contribution < -0.4 is 11.0 Å². The number of carbonyl (C=O) groups is 1. The Morgan fingerprint density at radius 2 is 2.00 bits per heavy atom. The van der Waals surface area contributed by atoms with Crippen molar-refractivity contribution < 1.29 is 24.1 Å². The molecular formula is C19H21N3O6. The number of aromatic nitrogens is 2. The standard InChI is InChI=1S/C19H21N3O6/c1-19(2)27-12-10-26-17(14(23)15(12)28-19)22-9-8-13(21-18(22)25)20-16(24)11-6-4-3-5-7-11/h3-9,12,14-15,17,23H,10H2,1-2H3,(H,20,21,24,25)/t12-,14+,15-,17+/m1/s1. The maximum Gasteiger partial charge on any atom is 0.351 e. The van der Waals surface area contributed by atoms with Gasteiger partial charge in [-0.2, -0.15) is 4.98 Å². The Labute approximate surface area is 160 Å². The lowest BCUT2D eigenvalue weighted by atomic mass is 10.0. The van der Waals surface area contributed by atoms with Crippen LogP contribution in [0.3, 0.4) is 0 Å². The van der Waals surface area contributed by atoms with Crippen molar-refractivity contribution in [3.63, 3.8) is 0 Å². The zero-order valence-corrected chi connectivity index (χ0v) is 15.4. The van der Waals surface area contributed by atoms with Gasteiger partial charge in [0.25, 0.3) is 5.91 Å². The van der Waals surface area contributed by atoms with E-state index < -0.39 is 36.0 Å². The molecule has 2 fully saturated rings. The molecular weight excluding hydrogens is 366 g/mol. The van der Waals surface area contributed by atoms with Gasteiger partial charge in [0.1, 0.15) is 24.1 Å². The molecule has 2 saturated heterocycles. The summed E-state index contributed by atoms with van der Waals surface area (Å²) in [5, 5.41) is 13.2. The molecule has 1 aromatic carbocycles. The number of fused-ring (bicyclic) bond motifs is 1.